The lowest BCUT2D eigenvalue weighted by Crippen LogP contribution is -2.45. The molecule has 0 fully saturated rings. The molecule has 0 spiro atoms. The van der Waals surface area contributed by atoms with Crippen molar-refractivity contribution < 1.29 is 31.9 Å². The summed E-state index contributed by atoms with van der Waals surface area (Å²) in [6.07, 6.45) is 13.4. The minimum Gasteiger partial charge on any atom is -0.464 e. The third-order valence-electron chi connectivity index (χ3n) is 6.75. The lowest BCUT2D eigenvalue weighted by atomic mass is 10.0. The summed E-state index contributed by atoms with van der Waals surface area (Å²) in [6.45, 7) is 5.78. The van der Waals surface area contributed by atoms with Gasteiger partial charge in [-0.2, -0.15) is 13.2 Å². The number of nitrogens with one attached hydrogen (secondary N) is 1. The summed E-state index contributed by atoms with van der Waals surface area (Å²) in [7, 11) is 0. The SMILES string of the molecule is CCCCCCCCCCCCCCCCCOC(=O)C(NC(=O)c1cccc(C(F)(F)F)c1F)C(C)C. The highest BCUT2D eigenvalue weighted by Gasteiger charge is 2.36. The first kappa shape index (κ1) is 33.9. The molecule has 0 aliphatic carbocycles. The van der Waals surface area contributed by atoms with Gasteiger partial charge in [0.25, 0.3) is 5.91 Å². The third-order valence-corrected chi connectivity index (χ3v) is 6.75. The molecule has 0 bridgehead atoms. The van der Waals surface area contributed by atoms with E-state index in [1.54, 1.807) is 13.8 Å². The van der Waals surface area contributed by atoms with Crippen LogP contribution < -0.4 is 5.32 Å². The number of hydrogen-bond acceptors (Lipinski definition) is 3. The third kappa shape index (κ3) is 13.6. The molecule has 1 amide bonds. The lowest BCUT2D eigenvalue weighted by Gasteiger charge is -2.21. The molecule has 0 heterocycles. The van der Waals surface area contributed by atoms with Crippen molar-refractivity contribution in [2.24, 2.45) is 5.92 Å². The van der Waals surface area contributed by atoms with Gasteiger partial charge in [0.15, 0.2) is 0 Å². The molecule has 1 unspecified atom stereocenters. The number of halogens is 4. The van der Waals surface area contributed by atoms with Crippen molar-refractivity contribution in [3.63, 3.8) is 0 Å². The van der Waals surface area contributed by atoms with E-state index in [9.17, 15) is 27.2 Å². The Morgan fingerprint density at radius 3 is 1.74 bits per heavy atom. The molecule has 8 heteroatoms. The van der Waals surface area contributed by atoms with Gasteiger partial charge in [0, 0.05) is 0 Å². The Morgan fingerprint density at radius 1 is 0.816 bits per heavy atom. The van der Waals surface area contributed by atoms with Gasteiger partial charge in [-0.3, -0.25) is 4.79 Å². The maximum atomic E-state index is 14.3. The second-order valence-electron chi connectivity index (χ2n) is 10.5. The van der Waals surface area contributed by atoms with E-state index in [0.29, 0.717) is 12.5 Å². The highest BCUT2D eigenvalue weighted by Crippen LogP contribution is 2.32. The summed E-state index contributed by atoms with van der Waals surface area (Å²) >= 11 is 0. The highest BCUT2D eigenvalue weighted by molar-refractivity contribution is 5.97. The first-order valence-electron chi connectivity index (χ1n) is 14.4. The zero-order chi connectivity index (χ0) is 28.4. The second kappa shape index (κ2) is 19.0. The molecule has 0 aliphatic rings. The van der Waals surface area contributed by atoms with E-state index in [-0.39, 0.29) is 12.5 Å². The van der Waals surface area contributed by atoms with Crippen LogP contribution in [-0.2, 0) is 15.7 Å². The number of ether oxygens (including phenoxy) is 1. The molecule has 0 aromatic heterocycles. The van der Waals surface area contributed by atoms with Crippen molar-refractivity contribution in [3.05, 3.63) is 35.1 Å². The van der Waals surface area contributed by atoms with E-state index in [1.807, 2.05) is 0 Å². The number of carbonyl (C=O) groups is 2. The first-order chi connectivity index (χ1) is 18.1. The smallest absolute Gasteiger partial charge is 0.419 e. The Kier molecular flexibility index (Phi) is 17.0. The largest absolute Gasteiger partial charge is 0.464 e. The molecule has 1 aromatic carbocycles. The van der Waals surface area contributed by atoms with Gasteiger partial charge in [0.05, 0.1) is 17.7 Å². The number of esters is 1. The van der Waals surface area contributed by atoms with Crippen LogP contribution in [-0.4, -0.2) is 24.5 Å². The van der Waals surface area contributed by atoms with Crippen LogP contribution >= 0.6 is 0 Å². The number of hydrogen-bond donors (Lipinski definition) is 1. The van der Waals surface area contributed by atoms with Crippen molar-refractivity contribution in [1.29, 1.82) is 0 Å². The molecule has 0 saturated carbocycles. The van der Waals surface area contributed by atoms with E-state index in [0.717, 1.165) is 31.4 Å². The van der Waals surface area contributed by atoms with Crippen LogP contribution in [0, 0.1) is 11.7 Å². The quantitative estimate of drug-likeness (QED) is 0.101. The minimum absolute atomic E-state index is 0.202. The van der Waals surface area contributed by atoms with Crippen molar-refractivity contribution in [2.45, 2.75) is 129 Å². The van der Waals surface area contributed by atoms with Crippen LogP contribution in [0.25, 0.3) is 0 Å². The summed E-state index contributed by atoms with van der Waals surface area (Å²) < 4.78 is 58.4. The van der Waals surface area contributed by atoms with Gasteiger partial charge in [-0.05, 0) is 24.5 Å². The van der Waals surface area contributed by atoms with E-state index >= 15 is 0 Å². The summed E-state index contributed by atoms with van der Waals surface area (Å²) in [4.78, 5) is 25.0. The number of amides is 1. The molecule has 1 aromatic rings. The van der Waals surface area contributed by atoms with Crippen molar-refractivity contribution >= 4 is 11.9 Å². The minimum atomic E-state index is -4.93. The van der Waals surface area contributed by atoms with Crippen molar-refractivity contribution in [3.8, 4) is 0 Å². The van der Waals surface area contributed by atoms with Gasteiger partial charge in [-0.25, -0.2) is 9.18 Å². The van der Waals surface area contributed by atoms with Crippen LogP contribution in [0.4, 0.5) is 17.6 Å². The monoisotopic (exact) mass is 545 g/mol. The first-order valence-corrected chi connectivity index (χ1v) is 14.4. The molecule has 4 nitrogen and oxygen atoms in total. The van der Waals surface area contributed by atoms with E-state index < -0.39 is 41.0 Å². The molecule has 0 saturated heterocycles. The van der Waals surface area contributed by atoms with Crippen LogP contribution in [0.2, 0.25) is 0 Å². The van der Waals surface area contributed by atoms with Gasteiger partial charge in [0.2, 0.25) is 0 Å². The Hall–Kier alpha value is -2.12. The zero-order valence-corrected chi connectivity index (χ0v) is 23.4. The predicted molar refractivity (Wildman–Crippen MR) is 143 cm³/mol. The Morgan fingerprint density at radius 2 is 1.29 bits per heavy atom. The molecule has 218 valence electrons. The number of benzene rings is 1. The summed E-state index contributed by atoms with van der Waals surface area (Å²) in [5, 5.41) is 2.34. The fourth-order valence-corrected chi connectivity index (χ4v) is 4.38. The average molecular weight is 546 g/mol. The molecular weight excluding hydrogens is 498 g/mol. The van der Waals surface area contributed by atoms with Gasteiger partial charge < -0.3 is 10.1 Å². The molecule has 1 N–H and O–H groups in total. The van der Waals surface area contributed by atoms with Crippen LogP contribution in [0.1, 0.15) is 133 Å². The second-order valence-corrected chi connectivity index (χ2v) is 10.5. The maximum Gasteiger partial charge on any atom is 0.419 e. The van der Waals surface area contributed by atoms with Crippen LogP contribution in [0.5, 0.6) is 0 Å². The molecule has 0 aliphatic heterocycles. The van der Waals surface area contributed by atoms with Gasteiger partial charge in [-0.1, -0.05) is 117 Å². The Balaban J connectivity index is 2.24. The van der Waals surface area contributed by atoms with E-state index in [4.69, 9.17) is 4.74 Å². The molecule has 0 radical (unpaired) electrons. The van der Waals surface area contributed by atoms with Gasteiger partial charge >= 0.3 is 12.1 Å². The fourth-order valence-electron chi connectivity index (χ4n) is 4.38. The predicted octanol–water partition coefficient (Wildman–Crippen LogP) is 9.01. The van der Waals surface area contributed by atoms with E-state index in [2.05, 4.69) is 12.2 Å². The summed E-state index contributed by atoms with van der Waals surface area (Å²) in [6, 6.07) is 1.39. The maximum absolute atomic E-state index is 14.3. The van der Waals surface area contributed by atoms with Crippen molar-refractivity contribution in [1.82, 2.24) is 5.32 Å². The normalized spacial score (nSPS) is 12.5. The van der Waals surface area contributed by atoms with Crippen LogP contribution in [0.15, 0.2) is 18.2 Å². The highest BCUT2D eigenvalue weighted by atomic mass is 19.4. The van der Waals surface area contributed by atoms with Crippen molar-refractivity contribution in [2.75, 3.05) is 6.61 Å². The number of unbranched alkanes of at least 4 members (excludes halogenated alkanes) is 14. The molecular formula is C30H47F4NO3. The Bertz CT molecular complexity index is 811. The fraction of sp³-hybridized carbons (Fsp3) is 0.733. The summed E-state index contributed by atoms with van der Waals surface area (Å²) in [5.74, 6) is -3.81. The molecule has 1 rings (SSSR count). The topological polar surface area (TPSA) is 55.4 Å². The van der Waals surface area contributed by atoms with Gasteiger partial charge in [0.1, 0.15) is 11.9 Å². The Labute approximate surface area is 226 Å². The number of alkyl halides is 3. The summed E-state index contributed by atoms with van der Waals surface area (Å²) in [5.41, 5.74) is -2.29. The van der Waals surface area contributed by atoms with Gasteiger partial charge in [-0.15, -0.1) is 0 Å². The molecule has 38 heavy (non-hydrogen) atoms. The average Bonchev–Trinajstić information content (AvgIpc) is 2.86. The van der Waals surface area contributed by atoms with E-state index in [1.165, 1.54) is 70.6 Å². The molecule has 1 atom stereocenters. The zero-order valence-electron chi connectivity index (χ0n) is 23.4. The standard InChI is InChI=1S/C30H47F4NO3/c1-4-5-6-7-8-9-10-11-12-13-14-15-16-17-18-22-38-29(37)27(23(2)3)35-28(36)24-20-19-21-25(26(24)31)30(32,33)34/h19-21,23,27H,4-18,22H2,1-3H3,(H,35,36). The number of carbonyl (C=O) groups excluding carboxylic acids is 2. The van der Waals surface area contributed by atoms with Crippen LogP contribution in [0.3, 0.4) is 0 Å². The number of rotatable bonds is 20. The lowest BCUT2D eigenvalue weighted by molar-refractivity contribution is -0.147.